The van der Waals surface area contributed by atoms with E-state index in [9.17, 15) is 5.11 Å². The van der Waals surface area contributed by atoms with Gasteiger partial charge >= 0.3 is 0 Å². The van der Waals surface area contributed by atoms with E-state index in [2.05, 4.69) is 26.0 Å². The van der Waals surface area contributed by atoms with Crippen LogP contribution in [0.4, 0.5) is 0 Å². The van der Waals surface area contributed by atoms with E-state index in [-0.39, 0.29) is 6.10 Å². The molecule has 0 heterocycles. The van der Waals surface area contributed by atoms with E-state index in [1.807, 2.05) is 12.1 Å². The molecule has 0 bridgehead atoms. The summed E-state index contributed by atoms with van der Waals surface area (Å²) in [5.41, 5.74) is 2.54. The van der Waals surface area contributed by atoms with E-state index in [1.54, 1.807) is 0 Å². The first-order valence-corrected chi connectivity index (χ1v) is 4.96. The molecular weight excluding hydrogens is 160 g/mol. The Morgan fingerprint density at radius 3 is 2.62 bits per heavy atom. The number of rotatable bonds is 4. The van der Waals surface area contributed by atoms with Crippen LogP contribution >= 0.6 is 0 Å². The second kappa shape index (κ2) is 5.03. The number of aliphatic hydroxyl groups is 1. The molecule has 0 aliphatic heterocycles. The van der Waals surface area contributed by atoms with Crippen molar-refractivity contribution < 1.29 is 5.11 Å². The fourth-order valence-corrected chi connectivity index (χ4v) is 1.53. The monoisotopic (exact) mass is 178 g/mol. The normalized spacial score (nSPS) is 12.8. The number of hydrogen-bond acceptors (Lipinski definition) is 1. The average Bonchev–Trinajstić information content (AvgIpc) is 2.09. The van der Waals surface area contributed by atoms with Crippen molar-refractivity contribution >= 4 is 0 Å². The third-order valence-electron chi connectivity index (χ3n) is 2.34. The van der Waals surface area contributed by atoms with Gasteiger partial charge in [-0.2, -0.15) is 0 Å². The molecule has 1 heteroatoms. The summed E-state index contributed by atoms with van der Waals surface area (Å²) < 4.78 is 0. The number of benzene rings is 1. The van der Waals surface area contributed by atoms with Gasteiger partial charge in [-0.1, -0.05) is 37.6 Å². The summed E-state index contributed by atoms with van der Waals surface area (Å²) in [7, 11) is 0. The first kappa shape index (κ1) is 10.3. The molecule has 0 saturated heterocycles. The maximum Gasteiger partial charge on any atom is 0.0580 e. The van der Waals surface area contributed by atoms with Crippen molar-refractivity contribution in [2.24, 2.45) is 0 Å². The van der Waals surface area contributed by atoms with Crippen LogP contribution in [0.1, 0.15) is 30.9 Å². The van der Waals surface area contributed by atoms with Crippen molar-refractivity contribution in [1.29, 1.82) is 0 Å². The molecule has 13 heavy (non-hydrogen) atoms. The second-order valence-corrected chi connectivity index (χ2v) is 3.57. The Kier molecular flexibility index (Phi) is 3.97. The summed E-state index contributed by atoms with van der Waals surface area (Å²) in [6, 6.07) is 8.24. The molecule has 0 fully saturated rings. The number of aryl methyl sites for hydroxylation is 1. The van der Waals surface area contributed by atoms with Crippen LogP contribution < -0.4 is 0 Å². The Bertz CT molecular complexity index is 255. The molecule has 0 amide bonds. The van der Waals surface area contributed by atoms with E-state index in [0.29, 0.717) is 0 Å². The Hall–Kier alpha value is -0.820. The highest BCUT2D eigenvalue weighted by Gasteiger charge is 2.05. The van der Waals surface area contributed by atoms with Crippen LogP contribution in [0, 0.1) is 6.92 Å². The molecule has 0 spiro atoms. The van der Waals surface area contributed by atoms with Gasteiger partial charge in [-0.05, 0) is 30.9 Å². The van der Waals surface area contributed by atoms with Crippen LogP contribution in [-0.4, -0.2) is 11.2 Å². The molecule has 1 atom stereocenters. The molecule has 1 N–H and O–H groups in total. The second-order valence-electron chi connectivity index (χ2n) is 3.57. The first-order chi connectivity index (χ1) is 6.24. The lowest BCUT2D eigenvalue weighted by molar-refractivity contribution is 0.163. The maximum absolute atomic E-state index is 9.63. The Morgan fingerprint density at radius 2 is 2.00 bits per heavy atom. The van der Waals surface area contributed by atoms with Crippen LogP contribution in [0.25, 0.3) is 0 Å². The van der Waals surface area contributed by atoms with Crippen molar-refractivity contribution in [3.8, 4) is 0 Å². The molecule has 1 aromatic carbocycles. The minimum Gasteiger partial charge on any atom is -0.393 e. The van der Waals surface area contributed by atoms with Gasteiger partial charge in [-0.25, -0.2) is 0 Å². The van der Waals surface area contributed by atoms with Gasteiger partial charge in [0.25, 0.3) is 0 Å². The largest absolute Gasteiger partial charge is 0.393 e. The molecular formula is C12H18O. The zero-order chi connectivity index (χ0) is 9.68. The molecule has 0 radical (unpaired) electrons. The van der Waals surface area contributed by atoms with Crippen molar-refractivity contribution in [3.05, 3.63) is 35.4 Å². The van der Waals surface area contributed by atoms with Gasteiger partial charge in [0.1, 0.15) is 0 Å². The van der Waals surface area contributed by atoms with Crippen molar-refractivity contribution in [2.75, 3.05) is 0 Å². The van der Waals surface area contributed by atoms with Crippen LogP contribution in [0.5, 0.6) is 0 Å². The first-order valence-electron chi connectivity index (χ1n) is 4.96. The summed E-state index contributed by atoms with van der Waals surface area (Å²) in [5, 5.41) is 9.63. The quantitative estimate of drug-likeness (QED) is 0.751. The molecule has 1 nitrogen and oxygen atoms in total. The SMILES string of the molecule is CCC[C@H](O)Cc1ccccc1C. The van der Waals surface area contributed by atoms with E-state index in [4.69, 9.17) is 0 Å². The van der Waals surface area contributed by atoms with Gasteiger partial charge in [0.05, 0.1) is 6.10 Å². The minimum absolute atomic E-state index is 0.175. The summed E-state index contributed by atoms with van der Waals surface area (Å²) in [5.74, 6) is 0. The van der Waals surface area contributed by atoms with E-state index < -0.39 is 0 Å². The lowest BCUT2D eigenvalue weighted by Gasteiger charge is -2.10. The Labute approximate surface area is 80.4 Å². The third kappa shape index (κ3) is 3.19. The Balaban J connectivity index is 2.58. The topological polar surface area (TPSA) is 20.2 Å². The van der Waals surface area contributed by atoms with Crippen LogP contribution in [0.3, 0.4) is 0 Å². The summed E-state index contributed by atoms with van der Waals surface area (Å²) in [6.45, 7) is 4.19. The molecule has 0 saturated carbocycles. The molecule has 0 aromatic heterocycles. The van der Waals surface area contributed by atoms with Gasteiger partial charge < -0.3 is 5.11 Å². The summed E-state index contributed by atoms with van der Waals surface area (Å²) in [4.78, 5) is 0. The zero-order valence-electron chi connectivity index (χ0n) is 8.46. The Morgan fingerprint density at radius 1 is 1.31 bits per heavy atom. The predicted molar refractivity (Wildman–Crippen MR) is 55.8 cm³/mol. The van der Waals surface area contributed by atoms with Gasteiger partial charge in [-0.15, -0.1) is 0 Å². The van der Waals surface area contributed by atoms with Gasteiger partial charge in [0.15, 0.2) is 0 Å². The highest BCUT2D eigenvalue weighted by molar-refractivity contribution is 5.25. The van der Waals surface area contributed by atoms with E-state index >= 15 is 0 Å². The van der Waals surface area contributed by atoms with E-state index in [0.717, 1.165) is 19.3 Å². The standard InChI is InChI=1S/C12H18O/c1-3-6-12(13)9-11-8-5-4-7-10(11)2/h4-5,7-8,12-13H,3,6,9H2,1-2H3/t12-/m0/s1. The van der Waals surface area contributed by atoms with Gasteiger partial charge in [0.2, 0.25) is 0 Å². The van der Waals surface area contributed by atoms with Gasteiger partial charge in [0, 0.05) is 0 Å². The highest BCUT2D eigenvalue weighted by atomic mass is 16.3. The fourth-order valence-electron chi connectivity index (χ4n) is 1.53. The number of aliphatic hydroxyl groups excluding tert-OH is 1. The van der Waals surface area contributed by atoms with Gasteiger partial charge in [-0.3, -0.25) is 0 Å². The molecule has 1 rings (SSSR count). The average molecular weight is 178 g/mol. The summed E-state index contributed by atoms with van der Waals surface area (Å²) >= 11 is 0. The molecule has 72 valence electrons. The lowest BCUT2D eigenvalue weighted by Crippen LogP contribution is -2.10. The molecule has 1 aromatic rings. The third-order valence-corrected chi connectivity index (χ3v) is 2.34. The van der Waals surface area contributed by atoms with E-state index in [1.165, 1.54) is 11.1 Å². The van der Waals surface area contributed by atoms with Crippen molar-refractivity contribution in [3.63, 3.8) is 0 Å². The smallest absolute Gasteiger partial charge is 0.0580 e. The van der Waals surface area contributed by atoms with Crippen molar-refractivity contribution in [1.82, 2.24) is 0 Å². The van der Waals surface area contributed by atoms with Crippen LogP contribution in [0.15, 0.2) is 24.3 Å². The molecule has 0 aliphatic carbocycles. The number of hydrogen-bond donors (Lipinski definition) is 1. The zero-order valence-corrected chi connectivity index (χ0v) is 8.46. The summed E-state index contributed by atoms with van der Waals surface area (Å²) in [6.07, 6.45) is 2.56. The lowest BCUT2D eigenvalue weighted by atomic mass is 10.0. The molecule has 0 unspecified atom stereocenters. The fraction of sp³-hybridized carbons (Fsp3) is 0.500. The highest BCUT2D eigenvalue weighted by Crippen LogP contribution is 2.11. The van der Waals surface area contributed by atoms with Crippen molar-refractivity contribution in [2.45, 2.75) is 39.2 Å². The van der Waals surface area contributed by atoms with Crippen LogP contribution in [0.2, 0.25) is 0 Å². The van der Waals surface area contributed by atoms with Crippen LogP contribution in [-0.2, 0) is 6.42 Å². The maximum atomic E-state index is 9.63. The minimum atomic E-state index is -0.175. The predicted octanol–water partition coefficient (Wildman–Crippen LogP) is 2.70. The molecule has 0 aliphatic rings.